The molecule has 96 heavy (non-hydrogen) atoms. The van der Waals surface area contributed by atoms with Gasteiger partial charge >= 0.3 is 12.4 Å². The van der Waals surface area contributed by atoms with Crippen LogP contribution in [0.3, 0.4) is 0 Å². The zero-order valence-electron chi connectivity index (χ0n) is 50.7. The molecule has 0 bridgehead atoms. The summed E-state index contributed by atoms with van der Waals surface area (Å²) in [6, 6.07) is 91.6. The highest BCUT2D eigenvalue weighted by molar-refractivity contribution is 6.14. The van der Waals surface area contributed by atoms with Gasteiger partial charge in [-0.15, -0.1) is 0 Å². The molecule has 10 aromatic carbocycles. The van der Waals surface area contributed by atoms with Crippen molar-refractivity contribution in [1.82, 2.24) is 29.1 Å². The predicted molar refractivity (Wildman–Crippen MR) is 370 cm³/mol. The van der Waals surface area contributed by atoms with E-state index < -0.39 is 29.0 Å². The molecular formula is C83H49F6N7. The van der Waals surface area contributed by atoms with Gasteiger partial charge in [-0.3, -0.25) is 0 Å². The van der Waals surface area contributed by atoms with Crippen molar-refractivity contribution in [3.8, 4) is 119 Å². The standard InChI is InChI=1S/C83H49F6N7/c84-82(85,86)60-37-38-66(83(87,88)89)65(49-60)81-79(95-75-39-33-56(71-29-13-25-67(91-71)52-17-5-1-6-18-52)45-61(75)62-46-57(34-40-76(62)95)72-30-14-26-68(92-72)53-19-7-2-8-20-53)43-51(50-90)44-80(81)96-77-41-35-58(73-31-15-27-69(93-73)54-21-9-3-10-22-54)47-63(77)64-48-59(36-42-78(64)96)74-32-16-28-70(94-74)55-23-11-4-12-24-55/h1-49H. The number of nitrogens with zero attached hydrogens (tertiary/aromatic N) is 7. The molecule has 0 spiro atoms. The van der Waals surface area contributed by atoms with Crippen LogP contribution in [0.25, 0.3) is 156 Å². The lowest BCUT2D eigenvalue weighted by Crippen LogP contribution is -2.13. The van der Waals surface area contributed by atoms with Gasteiger partial charge in [0, 0.05) is 71.6 Å². The van der Waals surface area contributed by atoms with Gasteiger partial charge in [0.1, 0.15) is 0 Å². The maximum absolute atomic E-state index is 16.3. The third-order valence-electron chi connectivity index (χ3n) is 17.6. The SMILES string of the molecule is N#Cc1cc(-n2c3ccc(-c4cccc(-c5ccccc5)n4)cc3c3cc(-c4cccc(-c5ccccc5)n4)ccc32)c(-c2cc(C(F)(F)F)ccc2C(F)(F)F)c(-n2c3ccc(-c4cccc(-c5ccccc5)n4)cc3c3cc(-c4cccc(-c5ccccc5)n4)ccc32)c1. The molecule has 0 aliphatic heterocycles. The van der Waals surface area contributed by atoms with E-state index in [4.69, 9.17) is 19.9 Å². The van der Waals surface area contributed by atoms with Crippen LogP contribution >= 0.6 is 0 Å². The van der Waals surface area contributed by atoms with E-state index in [9.17, 15) is 5.26 Å². The first-order valence-electron chi connectivity index (χ1n) is 31.0. The number of halogens is 6. The molecule has 0 fully saturated rings. The Labute approximate surface area is 546 Å². The molecule has 6 heterocycles. The van der Waals surface area contributed by atoms with Crippen molar-refractivity contribution in [1.29, 1.82) is 5.26 Å². The lowest BCUT2D eigenvalue weighted by atomic mass is 9.92. The van der Waals surface area contributed by atoms with Crippen molar-refractivity contribution in [3.63, 3.8) is 0 Å². The van der Waals surface area contributed by atoms with Crippen molar-refractivity contribution >= 4 is 43.6 Å². The Morgan fingerprint density at radius 1 is 0.281 bits per heavy atom. The summed E-state index contributed by atoms with van der Waals surface area (Å²) >= 11 is 0. The molecule has 0 N–H and O–H groups in total. The highest BCUT2D eigenvalue weighted by atomic mass is 19.4. The van der Waals surface area contributed by atoms with Crippen LogP contribution in [0.1, 0.15) is 16.7 Å². The van der Waals surface area contributed by atoms with Crippen molar-refractivity contribution in [2.45, 2.75) is 12.4 Å². The monoisotopic (exact) mass is 1260 g/mol. The number of fused-ring (bicyclic) bond motifs is 6. The van der Waals surface area contributed by atoms with Gasteiger partial charge in [0.05, 0.1) is 102 Å². The Morgan fingerprint density at radius 3 is 0.844 bits per heavy atom. The van der Waals surface area contributed by atoms with Crippen molar-refractivity contribution in [2.75, 3.05) is 0 Å². The normalized spacial score (nSPS) is 11.8. The number of hydrogen-bond acceptors (Lipinski definition) is 5. The Hall–Kier alpha value is -12.5. The fraction of sp³-hybridized carbons (Fsp3) is 0.0241. The maximum atomic E-state index is 16.3. The zero-order chi connectivity index (χ0) is 65.2. The second-order valence-electron chi connectivity index (χ2n) is 23.5. The Kier molecular flexibility index (Phi) is 14.4. The summed E-state index contributed by atoms with van der Waals surface area (Å²) in [5.74, 6) is 0. The van der Waals surface area contributed by atoms with Crippen LogP contribution < -0.4 is 0 Å². The summed E-state index contributed by atoms with van der Waals surface area (Å²) < 4.78 is 98.7. The second kappa shape index (κ2) is 23.5. The van der Waals surface area contributed by atoms with Gasteiger partial charge in [0.15, 0.2) is 0 Å². The number of pyridine rings is 4. The minimum atomic E-state index is -5.19. The van der Waals surface area contributed by atoms with Gasteiger partial charge in [0.25, 0.3) is 0 Å². The van der Waals surface area contributed by atoms with E-state index in [1.807, 2.05) is 267 Å². The fourth-order valence-electron chi connectivity index (χ4n) is 13.1. The molecule has 13 heteroatoms. The van der Waals surface area contributed by atoms with Crippen LogP contribution in [0.15, 0.2) is 297 Å². The number of rotatable bonds is 11. The molecule has 16 aromatic rings. The molecule has 458 valence electrons. The number of benzene rings is 10. The van der Waals surface area contributed by atoms with Gasteiger partial charge < -0.3 is 9.13 Å². The molecule has 0 atom stereocenters. The second-order valence-corrected chi connectivity index (χ2v) is 23.5. The smallest absolute Gasteiger partial charge is 0.308 e. The lowest BCUT2D eigenvalue weighted by Gasteiger charge is -2.24. The van der Waals surface area contributed by atoms with Crippen LogP contribution in [-0.2, 0) is 12.4 Å². The molecule has 0 amide bonds. The number of nitriles is 1. The minimum absolute atomic E-state index is 0.00914. The summed E-state index contributed by atoms with van der Waals surface area (Å²) in [5, 5.41) is 13.9. The molecule has 0 radical (unpaired) electrons. The largest absolute Gasteiger partial charge is 0.417 e. The highest BCUT2D eigenvalue weighted by Crippen LogP contribution is 2.49. The molecule has 16 rings (SSSR count). The van der Waals surface area contributed by atoms with Crippen LogP contribution in [0.4, 0.5) is 26.3 Å². The van der Waals surface area contributed by atoms with Gasteiger partial charge in [0.2, 0.25) is 0 Å². The predicted octanol–water partition coefficient (Wildman–Crippen LogP) is 22.4. The third-order valence-corrected chi connectivity index (χ3v) is 17.6. The van der Waals surface area contributed by atoms with Crippen LogP contribution in [-0.4, -0.2) is 29.1 Å². The number of alkyl halides is 6. The van der Waals surface area contributed by atoms with Crippen molar-refractivity contribution in [3.05, 3.63) is 314 Å². The molecule has 0 saturated heterocycles. The molecule has 6 aromatic heterocycles. The topological polar surface area (TPSA) is 85.2 Å². The van der Waals surface area contributed by atoms with E-state index in [0.29, 0.717) is 107 Å². The summed E-state index contributed by atoms with van der Waals surface area (Å²) in [4.78, 5) is 20.4. The van der Waals surface area contributed by atoms with E-state index in [1.54, 1.807) is 9.13 Å². The van der Waals surface area contributed by atoms with Gasteiger partial charge in [-0.2, -0.15) is 31.6 Å². The molecule has 7 nitrogen and oxygen atoms in total. The van der Waals surface area contributed by atoms with Gasteiger partial charge in [-0.05, 0) is 133 Å². The average molecular weight is 1260 g/mol. The molecule has 0 unspecified atom stereocenters. The first-order valence-corrected chi connectivity index (χ1v) is 31.0. The molecule has 0 saturated carbocycles. The summed E-state index contributed by atoms with van der Waals surface area (Å²) in [5.41, 5.74) is 10.3. The van der Waals surface area contributed by atoms with Crippen molar-refractivity contribution in [2.24, 2.45) is 0 Å². The van der Waals surface area contributed by atoms with Crippen LogP contribution in [0.2, 0.25) is 0 Å². The van der Waals surface area contributed by atoms with Crippen LogP contribution in [0.5, 0.6) is 0 Å². The molecular weight excluding hydrogens is 1210 g/mol. The quantitative estimate of drug-likeness (QED) is 0.120. The van der Waals surface area contributed by atoms with Crippen LogP contribution in [0, 0.1) is 11.3 Å². The third kappa shape index (κ3) is 10.7. The number of hydrogen-bond donors (Lipinski definition) is 0. The van der Waals surface area contributed by atoms with Gasteiger partial charge in [-0.25, -0.2) is 19.9 Å². The highest BCUT2D eigenvalue weighted by Gasteiger charge is 2.39. The minimum Gasteiger partial charge on any atom is -0.308 e. The Balaban J connectivity index is 1.00. The van der Waals surface area contributed by atoms with Gasteiger partial charge in [-0.1, -0.05) is 170 Å². The first kappa shape index (κ1) is 58.5. The lowest BCUT2D eigenvalue weighted by molar-refractivity contribution is -0.141. The summed E-state index contributed by atoms with van der Waals surface area (Å²) in [6.07, 6.45) is -10.3. The Morgan fingerprint density at radius 2 is 0.573 bits per heavy atom. The summed E-state index contributed by atoms with van der Waals surface area (Å²) in [6.45, 7) is 0. The van der Waals surface area contributed by atoms with E-state index >= 15 is 26.3 Å². The van der Waals surface area contributed by atoms with E-state index in [1.165, 1.54) is 12.1 Å². The molecule has 0 aliphatic carbocycles. The number of aromatic nitrogens is 6. The van der Waals surface area contributed by atoms with E-state index in [2.05, 4.69) is 6.07 Å². The average Bonchev–Trinajstić information content (AvgIpc) is 1.48. The summed E-state index contributed by atoms with van der Waals surface area (Å²) in [7, 11) is 0. The van der Waals surface area contributed by atoms with E-state index in [0.717, 1.165) is 45.0 Å². The first-order chi connectivity index (χ1) is 46.8. The maximum Gasteiger partial charge on any atom is 0.417 e. The van der Waals surface area contributed by atoms with E-state index in [-0.39, 0.29) is 22.5 Å². The fourth-order valence-corrected chi connectivity index (χ4v) is 13.1. The van der Waals surface area contributed by atoms with Crippen molar-refractivity contribution < 1.29 is 26.3 Å². The Bertz CT molecular complexity index is 5170. The molecule has 0 aliphatic rings. The zero-order valence-corrected chi connectivity index (χ0v) is 50.7.